The Morgan fingerprint density at radius 1 is 0.913 bits per heavy atom. The summed E-state index contributed by atoms with van der Waals surface area (Å²) in [7, 11) is 0. The van der Waals surface area contributed by atoms with Crippen molar-refractivity contribution in [3.8, 4) is 0 Å². The van der Waals surface area contributed by atoms with Gasteiger partial charge in [0.2, 0.25) is 0 Å². The molecule has 0 aromatic heterocycles. The van der Waals surface area contributed by atoms with Gasteiger partial charge in [0.05, 0.1) is 5.57 Å². The predicted octanol–water partition coefficient (Wildman–Crippen LogP) is 4.13. The van der Waals surface area contributed by atoms with Crippen LogP contribution in [0.15, 0.2) is 54.1 Å². The molecule has 1 saturated heterocycles. The van der Waals surface area contributed by atoms with Crippen LogP contribution in [0, 0.1) is 0 Å². The number of halogens is 2. The molecule has 0 saturated carbocycles. The van der Waals surface area contributed by atoms with Gasteiger partial charge in [-0.25, -0.2) is 4.79 Å². The number of benzene rings is 2. The maximum atomic E-state index is 12.1. The van der Waals surface area contributed by atoms with E-state index in [1.54, 1.807) is 48.5 Å². The van der Waals surface area contributed by atoms with Gasteiger partial charge in [-0.3, -0.25) is 4.79 Å². The zero-order chi connectivity index (χ0) is 16.6. The number of esters is 1. The van der Waals surface area contributed by atoms with Gasteiger partial charge in [0.15, 0.2) is 6.10 Å². The van der Waals surface area contributed by atoms with E-state index in [0.717, 1.165) is 0 Å². The molecule has 1 atom stereocenters. The third-order valence-electron chi connectivity index (χ3n) is 3.46. The maximum absolute atomic E-state index is 12.1. The van der Waals surface area contributed by atoms with Crippen LogP contribution in [0.5, 0.6) is 0 Å². The summed E-state index contributed by atoms with van der Waals surface area (Å²) in [5.41, 5.74) is 0.818. The van der Waals surface area contributed by atoms with Gasteiger partial charge in [-0.05, 0) is 42.0 Å². The highest BCUT2D eigenvalue weighted by Gasteiger charge is 2.42. The second kappa shape index (κ2) is 6.07. The van der Waals surface area contributed by atoms with Crippen molar-refractivity contribution >= 4 is 40.7 Å². The third kappa shape index (κ3) is 2.96. The first-order chi connectivity index (χ1) is 11.0. The number of aliphatic hydroxyl groups excluding tert-OH is 1. The van der Waals surface area contributed by atoms with Crippen LogP contribution in [0.25, 0.3) is 5.76 Å². The van der Waals surface area contributed by atoms with Crippen LogP contribution in [0.1, 0.15) is 17.2 Å². The Bertz CT molecular complexity index is 807. The molecule has 6 heteroatoms. The van der Waals surface area contributed by atoms with Crippen molar-refractivity contribution < 1.29 is 19.4 Å². The largest absolute Gasteiger partial charge is 0.507 e. The average Bonchev–Trinajstić information content (AvgIpc) is 2.84. The molecule has 0 aliphatic carbocycles. The minimum atomic E-state index is -1.000. The van der Waals surface area contributed by atoms with Crippen LogP contribution in [0.4, 0.5) is 0 Å². The zero-order valence-electron chi connectivity index (χ0n) is 11.6. The van der Waals surface area contributed by atoms with Gasteiger partial charge in [-0.15, -0.1) is 0 Å². The molecule has 1 N–H and O–H groups in total. The predicted molar refractivity (Wildman–Crippen MR) is 86.3 cm³/mol. The first kappa shape index (κ1) is 15.6. The number of rotatable bonds is 2. The van der Waals surface area contributed by atoms with Crippen LogP contribution < -0.4 is 0 Å². The van der Waals surface area contributed by atoms with E-state index in [4.69, 9.17) is 27.9 Å². The van der Waals surface area contributed by atoms with Crippen LogP contribution in [0.3, 0.4) is 0 Å². The number of hydrogen-bond donors (Lipinski definition) is 1. The Morgan fingerprint density at radius 3 is 2.00 bits per heavy atom. The number of carbonyl (C=O) groups is 2. The standard InChI is InChI=1S/C17H10Cl2O4/c18-11-5-1-9(2-6-11)14(20)13-15(21)17(22)23-16(13)10-3-7-12(19)8-4-10/h1-8,16,20H. The monoisotopic (exact) mass is 348 g/mol. The molecule has 0 bridgehead atoms. The van der Waals surface area contributed by atoms with E-state index in [-0.39, 0.29) is 11.3 Å². The third-order valence-corrected chi connectivity index (χ3v) is 3.97. The quantitative estimate of drug-likeness (QED) is 0.383. The number of ketones is 1. The Kier molecular flexibility index (Phi) is 4.11. The van der Waals surface area contributed by atoms with Crippen molar-refractivity contribution in [1.29, 1.82) is 0 Å². The summed E-state index contributed by atoms with van der Waals surface area (Å²) in [6.07, 6.45) is -0.969. The highest BCUT2D eigenvalue weighted by Crippen LogP contribution is 2.37. The Hall–Kier alpha value is -2.30. The first-order valence-electron chi connectivity index (χ1n) is 6.67. The van der Waals surface area contributed by atoms with Gasteiger partial charge in [0.1, 0.15) is 5.76 Å². The Labute approximate surface area is 141 Å². The zero-order valence-corrected chi connectivity index (χ0v) is 13.1. The molecule has 0 radical (unpaired) electrons. The molecule has 0 amide bonds. The molecular weight excluding hydrogens is 339 g/mol. The van der Waals surface area contributed by atoms with Gasteiger partial charge in [0, 0.05) is 15.6 Å². The SMILES string of the molecule is O=C1OC(c2ccc(Cl)cc2)C(=C(O)c2ccc(Cl)cc2)C1=O. The second-order valence-corrected chi connectivity index (χ2v) is 5.81. The number of hydrogen-bond acceptors (Lipinski definition) is 4. The van der Waals surface area contributed by atoms with Gasteiger partial charge in [-0.2, -0.15) is 0 Å². The molecule has 0 spiro atoms. The van der Waals surface area contributed by atoms with E-state index in [1.165, 1.54) is 0 Å². The molecule has 1 unspecified atom stereocenters. The lowest BCUT2D eigenvalue weighted by molar-refractivity contribution is -0.149. The second-order valence-electron chi connectivity index (χ2n) is 4.94. The lowest BCUT2D eigenvalue weighted by atomic mass is 9.97. The van der Waals surface area contributed by atoms with E-state index in [0.29, 0.717) is 21.2 Å². The first-order valence-corrected chi connectivity index (χ1v) is 7.43. The molecule has 2 aromatic carbocycles. The smallest absolute Gasteiger partial charge is 0.380 e. The van der Waals surface area contributed by atoms with Crippen molar-refractivity contribution in [2.24, 2.45) is 0 Å². The number of cyclic esters (lactones) is 1. The van der Waals surface area contributed by atoms with Crippen LogP contribution in [-0.2, 0) is 14.3 Å². The fraction of sp³-hybridized carbons (Fsp3) is 0.0588. The average molecular weight is 349 g/mol. The van der Waals surface area contributed by atoms with E-state index in [2.05, 4.69) is 0 Å². The minimum absolute atomic E-state index is 0.0976. The molecule has 3 rings (SSSR count). The van der Waals surface area contributed by atoms with E-state index < -0.39 is 17.9 Å². The van der Waals surface area contributed by atoms with Crippen molar-refractivity contribution in [3.63, 3.8) is 0 Å². The minimum Gasteiger partial charge on any atom is -0.507 e. The number of aliphatic hydroxyl groups is 1. The van der Waals surface area contributed by atoms with Crippen molar-refractivity contribution in [1.82, 2.24) is 0 Å². The number of Topliss-reactive ketones (excluding diaryl/α,β-unsaturated/α-hetero) is 1. The molecule has 1 aliphatic rings. The molecule has 23 heavy (non-hydrogen) atoms. The fourth-order valence-electron chi connectivity index (χ4n) is 2.32. The lowest BCUT2D eigenvalue weighted by Crippen LogP contribution is -2.08. The highest BCUT2D eigenvalue weighted by molar-refractivity contribution is 6.44. The van der Waals surface area contributed by atoms with Gasteiger partial charge in [0.25, 0.3) is 5.78 Å². The molecule has 2 aromatic rings. The van der Waals surface area contributed by atoms with E-state index in [1.807, 2.05) is 0 Å². The number of ether oxygens (including phenoxy) is 1. The van der Waals surface area contributed by atoms with Crippen molar-refractivity contribution in [3.05, 3.63) is 75.3 Å². The Balaban J connectivity index is 2.10. The highest BCUT2D eigenvalue weighted by atomic mass is 35.5. The lowest BCUT2D eigenvalue weighted by Gasteiger charge is -2.12. The molecule has 116 valence electrons. The maximum Gasteiger partial charge on any atom is 0.380 e. The van der Waals surface area contributed by atoms with E-state index >= 15 is 0 Å². The van der Waals surface area contributed by atoms with Gasteiger partial charge < -0.3 is 9.84 Å². The summed E-state index contributed by atoms with van der Waals surface area (Å²) in [4.78, 5) is 23.8. The van der Waals surface area contributed by atoms with Crippen LogP contribution in [-0.4, -0.2) is 16.9 Å². The molecule has 1 heterocycles. The van der Waals surface area contributed by atoms with Crippen LogP contribution >= 0.6 is 23.2 Å². The summed E-state index contributed by atoms with van der Waals surface area (Å²) in [6.45, 7) is 0. The van der Waals surface area contributed by atoms with E-state index in [9.17, 15) is 14.7 Å². The summed E-state index contributed by atoms with van der Waals surface area (Å²) in [5.74, 6) is -2.17. The van der Waals surface area contributed by atoms with Crippen molar-refractivity contribution in [2.75, 3.05) is 0 Å². The normalized spacial score (nSPS) is 19.7. The topological polar surface area (TPSA) is 63.6 Å². The summed E-state index contributed by atoms with van der Waals surface area (Å²) in [6, 6.07) is 12.8. The summed E-state index contributed by atoms with van der Waals surface area (Å²) in [5, 5.41) is 11.4. The molecule has 4 nitrogen and oxygen atoms in total. The Morgan fingerprint density at radius 2 is 1.43 bits per heavy atom. The molecular formula is C17H10Cl2O4. The van der Waals surface area contributed by atoms with Gasteiger partial charge in [-0.1, -0.05) is 35.3 Å². The summed E-state index contributed by atoms with van der Waals surface area (Å²) < 4.78 is 5.10. The van der Waals surface area contributed by atoms with Crippen molar-refractivity contribution in [2.45, 2.75) is 6.10 Å². The molecule has 1 fully saturated rings. The van der Waals surface area contributed by atoms with Crippen LogP contribution in [0.2, 0.25) is 10.0 Å². The molecule has 1 aliphatic heterocycles. The summed E-state index contributed by atoms with van der Waals surface area (Å²) >= 11 is 11.6. The van der Waals surface area contributed by atoms with Gasteiger partial charge >= 0.3 is 5.97 Å². The fourth-order valence-corrected chi connectivity index (χ4v) is 2.57. The number of carbonyl (C=O) groups excluding carboxylic acids is 2.